The quantitative estimate of drug-likeness (QED) is 0.632. The lowest BCUT2D eigenvalue weighted by Gasteiger charge is -2.36. The third-order valence-corrected chi connectivity index (χ3v) is 5.34. The minimum Gasteiger partial charge on any atom is -0.497 e. The van der Waals surface area contributed by atoms with Crippen LogP contribution in [-0.2, 0) is 11.3 Å². The molecule has 1 amide bonds. The molecule has 1 aromatic heterocycles. The van der Waals surface area contributed by atoms with Gasteiger partial charge in [0.2, 0.25) is 5.91 Å². The number of aromatic nitrogens is 2. The molecule has 1 fully saturated rings. The molecule has 0 atom stereocenters. The standard InChI is InChI=1S/C23H23FN4O3/c1-31-20-4-2-3-17(15-20)21-9-10-22(29)28(25-21)16-23(30)27-13-11-26(12-14-27)19-7-5-18(24)6-8-19/h2-10,15H,11-14,16H2,1H3. The van der Waals surface area contributed by atoms with Gasteiger partial charge in [-0.05, 0) is 42.5 Å². The van der Waals surface area contributed by atoms with E-state index in [1.165, 1.54) is 22.9 Å². The van der Waals surface area contributed by atoms with Crippen molar-refractivity contribution in [3.63, 3.8) is 0 Å². The molecule has 2 heterocycles. The Morgan fingerprint density at radius 2 is 1.77 bits per heavy atom. The maximum atomic E-state index is 13.1. The van der Waals surface area contributed by atoms with Gasteiger partial charge in [-0.25, -0.2) is 9.07 Å². The van der Waals surface area contributed by atoms with E-state index in [1.54, 1.807) is 30.2 Å². The highest BCUT2D eigenvalue weighted by Crippen LogP contribution is 2.21. The van der Waals surface area contributed by atoms with Crippen molar-refractivity contribution in [3.05, 3.63) is 76.8 Å². The summed E-state index contributed by atoms with van der Waals surface area (Å²) in [7, 11) is 1.59. The van der Waals surface area contributed by atoms with Crippen molar-refractivity contribution in [2.24, 2.45) is 0 Å². The van der Waals surface area contributed by atoms with E-state index < -0.39 is 0 Å². The zero-order chi connectivity index (χ0) is 21.8. The van der Waals surface area contributed by atoms with Gasteiger partial charge in [0, 0.05) is 43.5 Å². The van der Waals surface area contributed by atoms with Gasteiger partial charge in [-0.1, -0.05) is 12.1 Å². The van der Waals surface area contributed by atoms with Crippen LogP contribution in [0.2, 0.25) is 0 Å². The molecular formula is C23H23FN4O3. The number of piperazine rings is 1. The Morgan fingerprint density at radius 3 is 2.48 bits per heavy atom. The minimum atomic E-state index is -0.329. The fourth-order valence-electron chi connectivity index (χ4n) is 3.59. The SMILES string of the molecule is COc1cccc(-c2ccc(=O)n(CC(=O)N3CCN(c4ccc(F)cc4)CC3)n2)c1. The summed E-state index contributed by atoms with van der Waals surface area (Å²) in [6.07, 6.45) is 0. The Kier molecular flexibility index (Phi) is 5.97. The monoisotopic (exact) mass is 422 g/mol. The fraction of sp³-hybridized carbons (Fsp3) is 0.261. The largest absolute Gasteiger partial charge is 0.497 e. The lowest BCUT2D eigenvalue weighted by molar-refractivity contribution is -0.132. The average molecular weight is 422 g/mol. The summed E-state index contributed by atoms with van der Waals surface area (Å²) in [6.45, 7) is 2.22. The topological polar surface area (TPSA) is 67.7 Å². The number of carbonyl (C=O) groups excluding carboxylic acids is 1. The molecule has 0 N–H and O–H groups in total. The number of amides is 1. The number of nitrogens with zero attached hydrogens (tertiary/aromatic N) is 4. The summed E-state index contributed by atoms with van der Waals surface area (Å²) in [5, 5.41) is 4.38. The molecule has 8 heteroatoms. The van der Waals surface area contributed by atoms with Gasteiger partial charge in [0.25, 0.3) is 5.56 Å². The lowest BCUT2D eigenvalue weighted by Crippen LogP contribution is -2.50. The maximum Gasteiger partial charge on any atom is 0.267 e. The molecule has 2 aromatic carbocycles. The molecular weight excluding hydrogens is 399 g/mol. The first-order valence-electron chi connectivity index (χ1n) is 10.0. The summed E-state index contributed by atoms with van der Waals surface area (Å²) >= 11 is 0. The summed E-state index contributed by atoms with van der Waals surface area (Å²) in [5.74, 6) is 0.259. The molecule has 4 rings (SSSR count). The zero-order valence-electron chi connectivity index (χ0n) is 17.2. The van der Waals surface area contributed by atoms with Gasteiger partial charge in [-0.3, -0.25) is 9.59 Å². The number of hydrogen-bond acceptors (Lipinski definition) is 5. The first-order valence-corrected chi connectivity index (χ1v) is 10.0. The lowest BCUT2D eigenvalue weighted by atomic mass is 10.1. The highest BCUT2D eigenvalue weighted by Gasteiger charge is 2.22. The number of benzene rings is 2. The third-order valence-electron chi connectivity index (χ3n) is 5.34. The van der Waals surface area contributed by atoms with E-state index in [0.29, 0.717) is 37.6 Å². The van der Waals surface area contributed by atoms with Crippen LogP contribution >= 0.6 is 0 Å². The Morgan fingerprint density at radius 1 is 1.03 bits per heavy atom. The Labute approximate surface area is 179 Å². The van der Waals surface area contributed by atoms with Crippen molar-refractivity contribution in [2.45, 2.75) is 6.54 Å². The highest BCUT2D eigenvalue weighted by molar-refractivity contribution is 5.76. The smallest absolute Gasteiger partial charge is 0.267 e. The van der Waals surface area contributed by atoms with Crippen LogP contribution < -0.4 is 15.2 Å². The van der Waals surface area contributed by atoms with Gasteiger partial charge in [-0.2, -0.15) is 5.10 Å². The third kappa shape index (κ3) is 4.74. The van der Waals surface area contributed by atoms with E-state index in [-0.39, 0.29) is 23.8 Å². The van der Waals surface area contributed by atoms with Crippen LogP contribution in [0.5, 0.6) is 5.75 Å². The molecule has 0 saturated carbocycles. The number of ether oxygens (including phenoxy) is 1. The van der Waals surface area contributed by atoms with Gasteiger partial charge in [-0.15, -0.1) is 0 Å². The Balaban J connectivity index is 1.43. The molecule has 0 radical (unpaired) electrons. The molecule has 3 aromatic rings. The summed E-state index contributed by atoms with van der Waals surface area (Å²) in [5.41, 5.74) is 1.99. The number of rotatable bonds is 5. The molecule has 0 aliphatic carbocycles. The van der Waals surface area contributed by atoms with Gasteiger partial charge in [0.15, 0.2) is 0 Å². The minimum absolute atomic E-state index is 0.118. The van der Waals surface area contributed by atoms with Crippen LogP contribution in [0.1, 0.15) is 0 Å². The first kappa shape index (κ1) is 20.6. The van der Waals surface area contributed by atoms with Crippen LogP contribution in [0.3, 0.4) is 0 Å². The Hall–Kier alpha value is -3.68. The number of methoxy groups -OCH3 is 1. The van der Waals surface area contributed by atoms with Crippen molar-refractivity contribution in [1.29, 1.82) is 0 Å². The predicted octanol–water partition coefficient (Wildman–Crippen LogP) is 2.41. The first-order chi connectivity index (χ1) is 15.0. The van der Waals surface area contributed by atoms with E-state index in [4.69, 9.17) is 4.74 Å². The van der Waals surface area contributed by atoms with E-state index in [0.717, 1.165) is 11.3 Å². The molecule has 0 bridgehead atoms. The predicted molar refractivity (Wildman–Crippen MR) is 116 cm³/mol. The van der Waals surface area contributed by atoms with Crippen LogP contribution in [0.25, 0.3) is 11.3 Å². The molecule has 31 heavy (non-hydrogen) atoms. The van der Waals surface area contributed by atoms with E-state index >= 15 is 0 Å². The van der Waals surface area contributed by atoms with E-state index in [2.05, 4.69) is 10.00 Å². The van der Waals surface area contributed by atoms with E-state index in [9.17, 15) is 14.0 Å². The van der Waals surface area contributed by atoms with Crippen LogP contribution in [0.4, 0.5) is 10.1 Å². The molecule has 160 valence electrons. The second kappa shape index (κ2) is 8.99. The van der Waals surface area contributed by atoms with Gasteiger partial charge in [0.1, 0.15) is 18.1 Å². The van der Waals surface area contributed by atoms with Crippen molar-refractivity contribution in [3.8, 4) is 17.0 Å². The van der Waals surface area contributed by atoms with Gasteiger partial charge in [0.05, 0.1) is 12.8 Å². The summed E-state index contributed by atoms with van der Waals surface area (Å²) in [4.78, 5) is 28.9. The molecule has 1 aliphatic heterocycles. The van der Waals surface area contributed by atoms with Crippen LogP contribution in [0.15, 0.2) is 65.5 Å². The van der Waals surface area contributed by atoms with Crippen LogP contribution in [-0.4, -0.2) is 53.9 Å². The van der Waals surface area contributed by atoms with Crippen molar-refractivity contribution in [1.82, 2.24) is 14.7 Å². The molecule has 1 aliphatic rings. The summed E-state index contributed by atoms with van der Waals surface area (Å²) in [6, 6.07) is 16.8. The van der Waals surface area contributed by atoms with E-state index in [1.807, 2.05) is 24.3 Å². The number of anilines is 1. The average Bonchev–Trinajstić information content (AvgIpc) is 2.81. The number of halogens is 1. The molecule has 1 saturated heterocycles. The normalized spacial score (nSPS) is 13.9. The summed E-state index contributed by atoms with van der Waals surface area (Å²) < 4.78 is 19.6. The Bertz CT molecular complexity index is 1120. The molecule has 7 nitrogen and oxygen atoms in total. The van der Waals surface area contributed by atoms with Crippen LogP contribution in [0, 0.1) is 5.82 Å². The van der Waals surface area contributed by atoms with Gasteiger partial charge < -0.3 is 14.5 Å². The second-order valence-corrected chi connectivity index (χ2v) is 7.29. The van der Waals surface area contributed by atoms with Gasteiger partial charge >= 0.3 is 0 Å². The maximum absolute atomic E-state index is 13.1. The van der Waals surface area contributed by atoms with Crippen molar-refractivity contribution < 1.29 is 13.9 Å². The number of hydrogen-bond donors (Lipinski definition) is 0. The molecule has 0 spiro atoms. The highest BCUT2D eigenvalue weighted by atomic mass is 19.1. The fourth-order valence-corrected chi connectivity index (χ4v) is 3.59. The second-order valence-electron chi connectivity index (χ2n) is 7.29. The zero-order valence-corrected chi connectivity index (χ0v) is 17.2. The number of carbonyl (C=O) groups is 1. The molecule has 0 unspecified atom stereocenters. The van der Waals surface area contributed by atoms with Crippen molar-refractivity contribution >= 4 is 11.6 Å². The van der Waals surface area contributed by atoms with Crippen molar-refractivity contribution in [2.75, 3.05) is 38.2 Å².